The van der Waals surface area contributed by atoms with Crippen LogP contribution in [0.5, 0.6) is 0 Å². The molecule has 0 aliphatic rings. The van der Waals surface area contributed by atoms with Gasteiger partial charge in [0.1, 0.15) is 5.58 Å². The minimum absolute atomic E-state index is 0.110. The first-order valence-electron chi connectivity index (χ1n) is 10.6. The zero-order valence-electron chi connectivity index (χ0n) is 18.4. The van der Waals surface area contributed by atoms with Crippen molar-refractivity contribution in [2.75, 3.05) is 4.90 Å². The highest BCUT2D eigenvalue weighted by Crippen LogP contribution is 2.36. The molecule has 4 nitrogen and oxygen atoms in total. The number of halogens is 2. The molecule has 5 aromatic rings. The highest BCUT2D eigenvalue weighted by molar-refractivity contribution is 7.99. The molecule has 2 heterocycles. The predicted octanol–water partition coefficient (Wildman–Crippen LogP) is 7.88. The van der Waals surface area contributed by atoms with Crippen LogP contribution in [0.1, 0.15) is 16.7 Å². The van der Waals surface area contributed by atoms with E-state index in [1.165, 1.54) is 11.3 Å². The Hall–Kier alpha value is -3.23. The lowest BCUT2D eigenvalue weighted by molar-refractivity contribution is -0.117. The average Bonchev–Trinajstić information content (AvgIpc) is 3.41. The number of alkyl halides is 2. The van der Waals surface area contributed by atoms with Gasteiger partial charge in [-0.25, -0.2) is 4.98 Å². The number of hydrogen-bond acceptors (Lipinski definition) is 5. The van der Waals surface area contributed by atoms with E-state index >= 15 is 0 Å². The van der Waals surface area contributed by atoms with Gasteiger partial charge in [0.2, 0.25) is 5.91 Å². The number of furan rings is 1. The number of carbonyl (C=O) groups excluding carboxylic acids is 1. The van der Waals surface area contributed by atoms with Gasteiger partial charge in [0.25, 0.3) is 5.76 Å². The van der Waals surface area contributed by atoms with Crippen molar-refractivity contribution in [3.8, 4) is 0 Å². The van der Waals surface area contributed by atoms with Gasteiger partial charge in [-0.1, -0.05) is 47.4 Å². The van der Waals surface area contributed by atoms with Crippen LogP contribution in [0.4, 0.5) is 19.6 Å². The van der Waals surface area contributed by atoms with Crippen LogP contribution in [0.15, 0.2) is 76.2 Å². The zero-order valence-corrected chi connectivity index (χ0v) is 20.1. The smallest absolute Gasteiger partial charge is 0.288 e. The van der Waals surface area contributed by atoms with Gasteiger partial charge in [0.05, 0.1) is 28.6 Å². The molecule has 0 saturated carbocycles. The lowest BCUT2D eigenvalue weighted by Gasteiger charge is -2.20. The predicted molar refractivity (Wildman–Crippen MR) is 134 cm³/mol. The zero-order chi connectivity index (χ0) is 23.8. The van der Waals surface area contributed by atoms with E-state index in [1.807, 2.05) is 50.2 Å². The third-order valence-electron chi connectivity index (χ3n) is 5.73. The lowest BCUT2D eigenvalue weighted by Crippen LogP contribution is -2.27. The second kappa shape index (κ2) is 9.19. The van der Waals surface area contributed by atoms with Crippen molar-refractivity contribution in [2.24, 2.45) is 0 Å². The molecule has 0 bridgehead atoms. The second-order valence-corrected chi connectivity index (χ2v) is 9.96. The lowest BCUT2D eigenvalue weighted by atomic mass is 10.0. The maximum absolute atomic E-state index is 13.7. The molecule has 1 amide bonds. The Morgan fingerprint density at radius 2 is 1.85 bits per heavy atom. The molecule has 0 radical (unpaired) electrons. The maximum atomic E-state index is 13.7. The first-order valence-corrected chi connectivity index (χ1v) is 12.3. The van der Waals surface area contributed by atoms with Crippen molar-refractivity contribution < 1.29 is 18.0 Å². The van der Waals surface area contributed by atoms with Crippen LogP contribution < -0.4 is 4.90 Å². The number of fused-ring (bicyclic) bond motifs is 2. The van der Waals surface area contributed by atoms with Crippen LogP contribution in [0.3, 0.4) is 0 Å². The second-order valence-electron chi connectivity index (χ2n) is 7.89. The first-order chi connectivity index (χ1) is 16.4. The van der Waals surface area contributed by atoms with Gasteiger partial charge in [-0.05, 0) is 61.4 Å². The number of anilines is 2. The van der Waals surface area contributed by atoms with Crippen molar-refractivity contribution in [3.05, 3.63) is 83.6 Å². The van der Waals surface area contributed by atoms with E-state index in [0.29, 0.717) is 27.5 Å². The van der Waals surface area contributed by atoms with Crippen molar-refractivity contribution in [1.29, 1.82) is 0 Å². The standard InChI is InChI=1S/C26H20F2N2O2S2/c1-15-7-12-20-17(14-32-24(20)16(15)2)13-23(31)30(18-8-10-19(11-9-18)33-25(27)28)26-29-21-5-3-4-6-22(21)34-26/h3-12,14,25H,13H2,1-2H3. The molecule has 3 aromatic carbocycles. The minimum atomic E-state index is -2.51. The van der Waals surface area contributed by atoms with E-state index in [9.17, 15) is 13.6 Å². The number of carbonyl (C=O) groups is 1. The summed E-state index contributed by atoms with van der Waals surface area (Å²) in [5.41, 5.74) is 5.11. The van der Waals surface area contributed by atoms with Crippen LogP contribution >= 0.6 is 23.1 Å². The molecule has 0 saturated heterocycles. The first kappa shape index (κ1) is 22.6. The molecule has 0 unspecified atom stereocenters. The fourth-order valence-corrected chi connectivity index (χ4v) is 5.36. The molecule has 0 spiro atoms. The summed E-state index contributed by atoms with van der Waals surface area (Å²) < 4.78 is 32.3. The number of thioether (sulfide) groups is 1. The Morgan fingerprint density at radius 3 is 2.59 bits per heavy atom. The summed E-state index contributed by atoms with van der Waals surface area (Å²) in [6, 6.07) is 18.2. The SMILES string of the molecule is Cc1ccc2c(CC(=O)N(c3ccc(SC(F)F)cc3)c3nc4ccccc4s3)coc2c1C. The molecule has 2 aromatic heterocycles. The number of amides is 1. The molecular weight excluding hydrogens is 474 g/mol. The van der Waals surface area contributed by atoms with Crippen molar-refractivity contribution in [1.82, 2.24) is 4.98 Å². The molecule has 0 atom stereocenters. The quantitative estimate of drug-likeness (QED) is 0.225. The van der Waals surface area contributed by atoms with Gasteiger partial charge in [-0.15, -0.1) is 0 Å². The number of benzene rings is 3. The molecule has 34 heavy (non-hydrogen) atoms. The molecule has 8 heteroatoms. The van der Waals surface area contributed by atoms with Crippen LogP contribution in [0, 0.1) is 13.8 Å². The number of nitrogens with zero attached hydrogens (tertiary/aromatic N) is 2. The summed E-state index contributed by atoms with van der Waals surface area (Å²) in [6.45, 7) is 4.02. The monoisotopic (exact) mass is 494 g/mol. The van der Waals surface area contributed by atoms with Gasteiger partial charge in [0.15, 0.2) is 5.13 Å². The summed E-state index contributed by atoms with van der Waals surface area (Å²) in [4.78, 5) is 20.3. The van der Waals surface area contributed by atoms with E-state index in [-0.39, 0.29) is 12.3 Å². The van der Waals surface area contributed by atoms with Gasteiger partial charge in [-0.2, -0.15) is 8.78 Å². The van der Waals surface area contributed by atoms with E-state index in [2.05, 4.69) is 4.98 Å². The van der Waals surface area contributed by atoms with Crippen LogP contribution in [-0.2, 0) is 11.2 Å². The minimum Gasteiger partial charge on any atom is -0.464 e. The Morgan fingerprint density at radius 1 is 1.09 bits per heavy atom. The number of para-hydroxylation sites is 1. The van der Waals surface area contributed by atoms with Crippen molar-refractivity contribution in [3.63, 3.8) is 0 Å². The molecule has 172 valence electrons. The highest BCUT2D eigenvalue weighted by Gasteiger charge is 2.24. The molecule has 5 rings (SSSR count). The molecule has 0 aliphatic heterocycles. The van der Waals surface area contributed by atoms with Crippen molar-refractivity contribution in [2.45, 2.75) is 30.9 Å². The van der Waals surface area contributed by atoms with Crippen LogP contribution in [0.25, 0.3) is 21.2 Å². The normalized spacial score (nSPS) is 11.6. The topological polar surface area (TPSA) is 46.3 Å². The van der Waals surface area contributed by atoms with Gasteiger partial charge in [0, 0.05) is 15.8 Å². The van der Waals surface area contributed by atoms with E-state index in [4.69, 9.17) is 4.42 Å². The Bertz CT molecular complexity index is 1460. The maximum Gasteiger partial charge on any atom is 0.288 e. The number of rotatable bonds is 6. The van der Waals surface area contributed by atoms with E-state index in [0.717, 1.165) is 37.9 Å². The van der Waals surface area contributed by atoms with Crippen LogP contribution in [-0.4, -0.2) is 16.6 Å². The number of aromatic nitrogens is 1. The summed E-state index contributed by atoms with van der Waals surface area (Å²) >= 11 is 1.88. The third-order valence-corrected chi connectivity index (χ3v) is 7.47. The largest absolute Gasteiger partial charge is 0.464 e. The fraction of sp³-hybridized carbons (Fsp3) is 0.154. The Labute approximate surface area is 203 Å². The molecule has 0 N–H and O–H groups in total. The average molecular weight is 495 g/mol. The number of thiazole rings is 1. The van der Waals surface area contributed by atoms with E-state index < -0.39 is 5.76 Å². The van der Waals surface area contributed by atoms with Gasteiger partial charge in [-0.3, -0.25) is 9.69 Å². The van der Waals surface area contributed by atoms with Crippen molar-refractivity contribution >= 4 is 61.0 Å². The third kappa shape index (κ3) is 4.31. The molecule has 0 fully saturated rings. The van der Waals surface area contributed by atoms with E-state index in [1.54, 1.807) is 35.4 Å². The van der Waals surface area contributed by atoms with Gasteiger partial charge >= 0.3 is 0 Å². The van der Waals surface area contributed by atoms with Crippen LogP contribution in [0.2, 0.25) is 0 Å². The summed E-state index contributed by atoms with van der Waals surface area (Å²) in [5, 5.41) is 1.43. The summed E-state index contributed by atoms with van der Waals surface area (Å²) in [5.74, 6) is -2.69. The Kier molecular flexibility index (Phi) is 6.10. The summed E-state index contributed by atoms with van der Waals surface area (Å²) in [6.07, 6.45) is 1.74. The number of hydrogen-bond donors (Lipinski definition) is 0. The fourth-order valence-electron chi connectivity index (χ4n) is 3.86. The Balaban J connectivity index is 1.54. The summed E-state index contributed by atoms with van der Waals surface area (Å²) in [7, 11) is 0. The molecular formula is C26H20F2N2O2S2. The molecule has 0 aliphatic carbocycles. The van der Waals surface area contributed by atoms with Gasteiger partial charge < -0.3 is 4.42 Å². The highest BCUT2D eigenvalue weighted by atomic mass is 32.2. The number of aryl methyl sites for hydroxylation is 2.